The van der Waals surface area contributed by atoms with Gasteiger partial charge >= 0.3 is 0 Å². The summed E-state index contributed by atoms with van der Waals surface area (Å²) in [5.41, 5.74) is 0.682. The largest absolute Gasteiger partial charge is 0.490 e. The van der Waals surface area contributed by atoms with Gasteiger partial charge in [-0.05, 0) is 19.1 Å². The monoisotopic (exact) mass is 260 g/mol. The standard InChI is InChI=1S/C14H16N2O3/c1-2-18-12-6-3-5-11(9-17)14(12)19-10-13-15-7-4-8-16-13/h3-8,17H,2,9-10H2,1H3. The molecule has 1 aromatic carbocycles. The predicted molar refractivity (Wildman–Crippen MR) is 69.9 cm³/mol. The van der Waals surface area contributed by atoms with Gasteiger partial charge < -0.3 is 14.6 Å². The summed E-state index contributed by atoms with van der Waals surface area (Å²) in [5, 5.41) is 9.34. The average Bonchev–Trinajstić information content (AvgIpc) is 2.47. The fraction of sp³-hybridized carbons (Fsp3) is 0.286. The second kappa shape index (κ2) is 6.70. The van der Waals surface area contributed by atoms with Crippen LogP contribution in [-0.2, 0) is 13.2 Å². The second-order valence-electron chi connectivity index (χ2n) is 3.79. The molecule has 0 aliphatic rings. The zero-order chi connectivity index (χ0) is 13.5. The Morgan fingerprint density at radius 3 is 2.58 bits per heavy atom. The van der Waals surface area contributed by atoms with Gasteiger partial charge in [0.2, 0.25) is 0 Å². The van der Waals surface area contributed by atoms with Crippen LogP contribution in [0.25, 0.3) is 0 Å². The Morgan fingerprint density at radius 1 is 1.11 bits per heavy atom. The molecule has 0 amide bonds. The van der Waals surface area contributed by atoms with Crippen molar-refractivity contribution >= 4 is 0 Å². The lowest BCUT2D eigenvalue weighted by molar-refractivity contribution is 0.239. The number of benzene rings is 1. The van der Waals surface area contributed by atoms with Gasteiger partial charge in [0, 0.05) is 18.0 Å². The molecule has 0 aliphatic carbocycles. The van der Waals surface area contributed by atoms with Crippen molar-refractivity contribution in [2.75, 3.05) is 6.61 Å². The summed E-state index contributed by atoms with van der Waals surface area (Å²) in [6.45, 7) is 2.56. The quantitative estimate of drug-likeness (QED) is 0.860. The molecule has 1 N–H and O–H groups in total. The van der Waals surface area contributed by atoms with E-state index in [1.165, 1.54) is 0 Å². The molecule has 100 valence electrons. The third-order valence-electron chi connectivity index (χ3n) is 2.50. The lowest BCUT2D eigenvalue weighted by Gasteiger charge is -2.14. The highest BCUT2D eigenvalue weighted by Crippen LogP contribution is 2.31. The first-order chi connectivity index (χ1) is 9.35. The normalized spacial score (nSPS) is 10.2. The Hall–Kier alpha value is -2.14. The number of para-hydroxylation sites is 1. The minimum absolute atomic E-state index is 0.105. The molecular formula is C14H16N2O3. The van der Waals surface area contributed by atoms with Gasteiger partial charge in [0.05, 0.1) is 13.2 Å². The van der Waals surface area contributed by atoms with Crippen LogP contribution in [0.3, 0.4) is 0 Å². The first-order valence-electron chi connectivity index (χ1n) is 6.09. The second-order valence-corrected chi connectivity index (χ2v) is 3.79. The molecule has 2 aromatic rings. The molecule has 0 saturated heterocycles. The summed E-state index contributed by atoms with van der Waals surface area (Å²) in [4.78, 5) is 8.17. The number of rotatable bonds is 6. The summed E-state index contributed by atoms with van der Waals surface area (Å²) < 4.78 is 11.2. The fourth-order valence-electron chi connectivity index (χ4n) is 1.66. The zero-order valence-electron chi connectivity index (χ0n) is 10.7. The van der Waals surface area contributed by atoms with Crippen LogP contribution in [0.1, 0.15) is 18.3 Å². The van der Waals surface area contributed by atoms with Gasteiger partial charge in [0.25, 0.3) is 0 Å². The van der Waals surface area contributed by atoms with Crippen LogP contribution in [0, 0.1) is 0 Å². The van der Waals surface area contributed by atoms with Gasteiger partial charge in [-0.25, -0.2) is 9.97 Å². The van der Waals surface area contributed by atoms with Crippen LogP contribution in [0.5, 0.6) is 11.5 Å². The highest BCUT2D eigenvalue weighted by molar-refractivity contribution is 5.46. The van der Waals surface area contributed by atoms with E-state index in [-0.39, 0.29) is 13.2 Å². The van der Waals surface area contributed by atoms with Crippen molar-refractivity contribution in [1.82, 2.24) is 9.97 Å². The molecule has 19 heavy (non-hydrogen) atoms. The number of nitrogens with zero attached hydrogens (tertiary/aromatic N) is 2. The first-order valence-corrected chi connectivity index (χ1v) is 6.09. The van der Waals surface area contributed by atoms with Crippen LogP contribution in [0.4, 0.5) is 0 Å². The predicted octanol–water partition coefficient (Wildman–Crippen LogP) is 1.95. The van der Waals surface area contributed by atoms with Crippen molar-refractivity contribution in [3.05, 3.63) is 48.0 Å². The highest BCUT2D eigenvalue weighted by atomic mass is 16.5. The molecule has 0 saturated carbocycles. The fourth-order valence-corrected chi connectivity index (χ4v) is 1.66. The smallest absolute Gasteiger partial charge is 0.167 e. The SMILES string of the molecule is CCOc1cccc(CO)c1OCc1ncccn1. The van der Waals surface area contributed by atoms with Gasteiger partial charge in [-0.15, -0.1) is 0 Å². The third-order valence-corrected chi connectivity index (χ3v) is 2.50. The van der Waals surface area contributed by atoms with Crippen molar-refractivity contribution < 1.29 is 14.6 Å². The molecule has 0 radical (unpaired) electrons. The molecule has 5 nitrogen and oxygen atoms in total. The van der Waals surface area contributed by atoms with Gasteiger partial charge in [-0.2, -0.15) is 0 Å². The van der Waals surface area contributed by atoms with Crippen molar-refractivity contribution in [2.45, 2.75) is 20.1 Å². The van der Waals surface area contributed by atoms with E-state index in [0.29, 0.717) is 29.5 Å². The lowest BCUT2D eigenvalue weighted by atomic mass is 10.2. The topological polar surface area (TPSA) is 64.5 Å². The van der Waals surface area contributed by atoms with Gasteiger partial charge in [0.1, 0.15) is 6.61 Å². The van der Waals surface area contributed by atoms with E-state index in [4.69, 9.17) is 9.47 Å². The molecule has 0 atom stereocenters. The number of aliphatic hydroxyl groups is 1. The maximum absolute atomic E-state index is 9.34. The maximum Gasteiger partial charge on any atom is 0.167 e. The minimum Gasteiger partial charge on any atom is -0.490 e. The summed E-state index contributed by atoms with van der Waals surface area (Å²) in [6.07, 6.45) is 3.32. The van der Waals surface area contributed by atoms with Crippen molar-refractivity contribution in [2.24, 2.45) is 0 Å². The molecular weight excluding hydrogens is 244 g/mol. The van der Waals surface area contributed by atoms with E-state index in [1.54, 1.807) is 24.5 Å². The first kappa shape index (κ1) is 13.3. The Bertz CT molecular complexity index is 517. The number of ether oxygens (including phenoxy) is 2. The number of hydrogen-bond donors (Lipinski definition) is 1. The molecule has 0 fully saturated rings. The van der Waals surface area contributed by atoms with Gasteiger partial charge in [-0.1, -0.05) is 12.1 Å². The summed E-state index contributed by atoms with van der Waals surface area (Å²) in [6, 6.07) is 7.17. The molecule has 5 heteroatoms. The van der Waals surface area contributed by atoms with E-state index < -0.39 is 0 Å². The molecule has 0 unspecified atom stereocenters. The van der Waals surface area contributed by atoms with Crippen molar-refractivity contribution in [1.29, 1.82) is 0 Å². The van der Waals surface area contributed by atoms with Crippen LogP contribution in [0.2, 0.25) is 0 Å². The Kier molecular flexibility index (Phi) is 4.69. The molecule has 1 aromatic heterocycles. The lowest BCUT2D eigenvalue weighted by Crippen LogP contribution is -2.05. The number of hydrogen-bond acceptors (Lipinski definition) is 5. The Balaban J connectivity index is 2.17. The highest BCUT2D eigenvalue weighted by Gasteiger charge is 2.11. The van der Waals surface area contributed by atoms with E-state index in [0.717, 1.165) is 0 Å². The number of aliphatic hydroxyl groups excluding tert-OH is 1. The minimum atomic E-state index is -0.105. The zero-order valence-corrected chi connectivity index (χ0v) is 10.7. The summed E-state index contributed by atoms with van der Waals surface area (Å²) in [5.74, 6) is 1.74. The number of aromatic nitrogens is 2. The van der Waals surface area contributed by atoms with E-state index in [2.05, 4.69) is 9.97 Å². The summed E-state index contributed by atoms with van der Waals surface area (Å²) >= 11 is 0. The average molecular weight is 260 g/mol. The Morgan fingerprint density at radius 2 is 1.89 bits per heavy atom. The molecule has 0 spiro atoms. The van der Waals surface area contributed by atoms with E-state index >= 15 is 0 Å². The molecule has 2 rings (SSSR count). The van der Waals surface area contributed by atoms with Crippen LogP contribution < -0.4 is 9.47 Å². The van der Waals surface area contributed by atoms with E-state index in [1.807, 2.05) is 19.1 Å². The van der Waals surface area contributed by atoms with Crippen LogP contribution in [-0.4, -0.2) is 21.7 Å². The molecule has 1 heterocycles. The summed E-state index contributed by atoms with van der Waals surface area (Å²) in [7, 11) is 0. The molecule has 0 aliphatic heterocycles. The maximum atomic E-state index is 9.34. The van der Waals surface area contributed by atoms with Crippen LogP contribution >= 0.6 is 0 Å². The van der Waals surface area contributed by atoms with Gasteiger partial charge in [-0.3, -0.25) is 0 Å². The third kappa shape index (κ3) is 3.42. The van der Waals surface area contributed by atoms with Crippen LogP contribution in [0.15, 0.2) is 36.7 Å². The van der Waals surface area contributed by atoms with Crippen molar-refractivity contribution in [3.63, 3.8) is 0 Å². The molecule has 0 bridgehead atoms. The van der Waals surface area contributed by atoms with Gasteiger partial charge in [0.15, 0.2) is 17.3 Å². The van der Waals surface area contributed by atoms with Crippen molar-refractivity contribution in [3.8, 4) is 11.5 Å². The van der Waals surface area contributed by atoms with E-state index in [9.17, 15) is 5.11 Å². The Labute approximate surface area is 111 Å².